The topological polar surface area (TPSA) is 47.6 Å². The molecule has 0 saturated carbocycles. The monoisotopic (exact) mass is 332 g/mol. The van der Waals surface area contributed by atoms with Crippen molar-refractivity contribution >= 4 is 24.3 Å². The summed E-state index contributed by atoms with van der Waals surface area (Å²) < 4.78 is 0. The minimum atomic E-state index is 0.660. The van der Waals surface area contributed by atoms with Gasteiger partial charge in [-0.25, -0.2) is 0 Å². The molecule has 3 aromatic carbocycles. The summed E-state index contributed by atoms with van der Waals surface area (Å²) in [5, 5.41) is 17.9. The molecule has 0 aliphatic rings. The first-order chi connectivity index (χ1) is 12.8. The molecule has 3 rings (SSSR count). The fourth-order valence-electron chi connectivity index (χ4n) is 2.53. The lowest BCUT2D eigenvalue weighted by Gasteiger charge is -1.98. The van der Waals surface area contributed by atoms with Crippen molar-refractivity contribution in [3.8, 4) is 12.1 Å². The summed E-state index contributed by atoms with van der Waals surface area (Å²) in [5.74, 6) is 0. The third-order valence-corrected chi connectivity index (χ3v) is 3.90. The van der Waals surface area contributed by atoms with E-state index in [1.165, 1.54) is 0 Å². The van der Waals surface area contributed by atoms with Gasteiger partial charge in [-0.1, -0.05) is 72.8 Å². The molecule has 2 nitrogen and oxygen atoms in total. The van der Waals surface area contributed by atoms with Gasteiger partial charge in [0.05, 0.1) is 23.3 Å². The van der Waals surface area contributed by atoms with E-state index in [1.54, 1.807) is 12.1 Å². The van der Waals surface area contributed by atoms with E-state index >= 15 is 0 Å². The van der Waals surface area contributed by atoms with Gasteiger partial charge in [-0.2, -0.15) is 10.5 Å². The average Bonchev–Trinajstić information content (AvgIpc) is 2.72. The third-order valence-electron chi connectivity index (χ3n) is 3.90. The summed E-state index contributed by atoms with van der Waals surface area (Å²) in [6.45, 7) is 0. The highest BCUT2D eigenvalue weighted by Crippen LogP contribution is 2.14. The molecule has 0 bridgehead atoms. The van der Waals surface area contributed by atoms with E-state index in [4.69, 9.17) is 10.5 Å². The molecule has 0 fully saturated rings. The Balaban J connectivity index is 1.70. The predicted molar refractivity (Wildman–Crippen MR) is 107 cm³/mol. The van der Waals surface area contributed by atoms with Crippen molar-refractivity contribution in [2.45, 2.75) is 0 Å². The summed E-state index contributed by atoms with van der Waals surface area (Å²) in [7, 11) is 0. The minimum absolute atomic E-state index is 0.660. The Kier molecular flexibility index (Phi) is 5.41. The third kappa shape index (κ3) is 4.57. The van der Waals surface area contributed by atoms with Gasteiger partial charge in [0, 0.05) is 0 Å². The zero-order valence-corrected chi connectivity index (χ0v) is 14.1. The molecular formula is C24H16N2. The molecule has 0 atom stereocenters. The van der Waals surface area contributed by atoms with E-state index in [0.717, 1.165) is 22.3 Å². The second kappa shape index (κ2) is 8.29. The molecule has 3 aromatic rings. The zero-order chi connectivity index (χ0) is 18.2. The van der Waals surface area contributed by atoms with Gasteiger partial charge in [-0.15, -0.1) is 0 Å². The van der Waals surface area contributed by atoms with Gasteiger partial charge >= 0.3 is 0 Å². The van der Waals surface area contributed by atoms with Crippen LogP contribution in [-0.4, -0.2) is 0 Å². The average molecular weight is 332 g/mol. The highest BCUT2D eigenvalue weighted by molar-refractivity contribution is 5.73. The Morgan fingerprint density at radius 2 is 0.885 bits per heavy atom. The smallest absolute Gasteiger partial charge is 0.0991 e. The number of rotatable bonds is 4. The molecule has 0 N–H and O–H groups in total. The summed E-state index contributed by atoms with van der Waals surface area (Å²) in [6, 6.07) is 27.5. The van der Waals surface area contributed by atoms with Crippen LogP contribution in [0.2, 0.25) is 0 Å². The molecule has 0 amide bonds. The van der Waals surface area contributed by atoms with Crippen LogP contribution in [0.1, 0.15) is 33.4 Å². The van der Waals surface area contributed by atoms with Gasteiger partial charge in [0.1, 0.15) is 0 Å². The van der Waals surface area contributed by atoms with Crippen molar-refractivity contribution in [2.24, 2.45) is 0 Å². The van der Waals surface area contributed by atoms with Gasteiger partial charge in [0.25, 0.3) is 0 Å². The Morgan fingerprint density at radius 1 is 0.500 bits per heavy atom. The molecule has 122 valence electrons. The Morgan fingerprint density at radius 3 is 1.27 bits per heavy atom. The number of hydrogen-bond acceptors (Lipinski definition) is 2. The summed E-state index contributed by atoms with van der Waals surface area (Å²) in [5.41, 5.74) is 5.52. The quantitative estimate of drug-likeness (QED) is 0.569. The second-order valence-corrected chi connectivity index (χ2v) is 5.81. The molecule has 0 aliphatic carbocycles. The minimum Gasteiger partial charge on any atom is -0.192 e. The van der Waals surface area contributed by atoms with E-state index in [2.05, 4.69) is 36.4 Å². The molecule has 0 spiro atoms. The fourth-order valence-corrected chi connectivity index (χ4v) is 2.53. The van der Waals surface area contributed by atoms with E-state index in [0.29, 0.717) is 11.1 Å². The van der Waals surface area contributed by atoms with Crippen molar-refractivity contribution in [1.29, 1.82) is 10.5 Å². The van der Waals surface area contributed by atoms with E-state index < -0.39 is 0 Å². The first kappa shape index (κ1) is 17.0. The summed E-state index contributed by atoms with van der Waals surface area (Å²) in [6.07, 6.45) is 8.05. The first-order valence-electron chi connectivity index (χ1n) is 8.23. The number of hydrogen-bond donors (Lipinski definition) is 0. The van der Waals surface area contributed by atoms with Crippen LogP contribution in [0.5, 0.6) is 0 Å². The maximum Gasteiger partial charge on any atom is 0.0991 e. The summed E-state index contributed by atoms with van der Waals surface area (Å²) in [4.78, 5) is 0. The SMILES string of the molecule is N#Cc1cccc(/C=C/c2ccc(/C=C/c3cccc(C#N)c3)cc2)c1. The lowest BCUT2D eigenvalue weighted by molar-refractivity contribution is 1.48. The first-order valence-corrected chi connectivity index (χ1v) is 8.23. The zero-order valence-electron chi connectivity index (χ0n) is 14.1. The van der Waals surface area contributed by atoms with Crippen LogP contribution in [0.3, 0.4) is 0 Å². The molecule has 0 saturated heterocycles. The molecule has 0 heterocycles. The van der Waals surface area contributed by atoms with Crippen molar-refractivity contribution in [3.63, 3.8) is 0 Å². The highest BCUT2D eigenvalue weighted by Gasteiger charge is 1.94. The summed E-state index contributed by atoms with van der Waals surface area (Å²) >= 11 is 0. The van der Waals surface area contributed by atoms with Crippen LogP contribution in [0.4, 0.5) is 0 Å². The van der Waals surface area contributed by atoms with Crippen LogP contribution < -0.4 is 0 Å². The maximum atomic E-state index is 8.94. The molecule has 0 aliphatic heterocycles. The van der Waals surface area contributed by atoms with Crippen LogP contribution >= 0.6 is 0 Å². The second-order valence-electron chi connectivity index (χ2n) is 5.81. The predicted octanol–water partition coefficient (Wildman–Crippen LogP) is 5.77. The molecule has 2 heteroatoms. The van der Waals surface area contributed by atoms with Crippen molar-refractivity contribution in [1.82, 2.24) is 0 Å². The van der Waals surface area contributed by atoms with Crippen LogP contribution in [0, 0.1) is 22.7 Å². The van der Waals surface area contributed by atoms with Crippen molar-refractivity contribution < 1.29 is 0 Å². The van der Waals surface area contributed by atoms with Gasteiger partial charge < -0.3 is 0 Å². The van der Waals surface area contributed by atoms with E-state index in [-0.39, 0.29) is 0 Å². The van der Waals surface area contributed by atoms with Crippen molar-refractivity contribution in [2.75, 3.05) is 0 Å². The molecule has 26 heavy (non-hydrogen) atoms. The number of nitrogens with zero attached hydrogens (tertiary/aromatic N) is 2. The maximum absolute atomic E-state index is 8.94. The molecular weight excluding hydrogens is 316 g/mol. The molecule has 0 radical (unpaired) electrons. The van der Waals surface area contributed by atoms with Crippen molar-refractivity contribution in [3.05, 3.63) is 106 Å². The normalized spacial score (nSPS) is 10.7. The van der Waals surface area contributed by atoms with E-state index in [1.807, 2.05) is 60.7 Å². The van der Waals surface area contributed by atoms with Gasteiger partial charge in [-0.3, -0.25) is 0 Å². The van der Waals surface area contributed by atoms with Gasteiger partial charge in [0.2, 0.25) is 0 Å². The largest absolute Gasteiger partial charge is 0.192 e. The van der Waals surface area contributed by atoms with Gasteiger partial charge in [-0.05, 0) is 46.5 Å². The lowest BCUT2D eigenvalue weighted by Crippen LogP contribution is -1.78. The number of nitriles is 2. The number of benzene rings is 3. The Hall–Kier alpha value is -3.88. The lowest BCUT2D eigenvalue weighted by atomic mass is 10.1. The van der Waals surface area contributed by atoms with Crippen LogP contribution in [0.25, 0.3) is 24.3 Å². The molecule has 0 aromatic heterocycles. The standard InChI is InChI=1S/C24H16N2/c25-17-23-5-1-3-21(15-23)13-11-19-7-9-20(10-8-19)12-14-22-4-2-6-24(16-22)18-26/h1-16H/b13-11+,14-12+. The van der Waals surface area contributed by atoms with Crippen LogP contribution in [-0.2, 0) is 0 Å². The van der Waals surface area contributed by atoms with Crippen LogP contribution in [0.15, 0.2) is 72.8 Å². The highest BCUT2D eigenvalue weighted by atomic mass is 14.2. The van der Waals surface area contributed by atoms with E-state index in [9.17, 15) is 0 Å². The van der Waals surface area contributed by atoms with Gasteiger partial charge in [0.15, 0.2) is 0 Å². The fraction of sp³-hybridized carbons (Fsp3) is 0. The Labute approximate surface area is 153 Å². The molecule has 0 unspecified atom stereocenters. The Bertz CT molecular complexity index is 956.